The maximum absolute atomic E-state index is 12.4. The van der Waals surface area contributed by atoms with Gasteiger partial charge in [0.2, 0.25) is 11.8 Å². The fourth-order valence-corrected chi connectivity index (χ4v) is 5.04. The third kappa shape index (κ3) is 3.97. The van der Waals surface area contributed by atoms with E-state index in [0.29, 0.717) is 11.6 Å². The van der Waals surface area contributed by atoms with E-state index in [1.54, 1.807) is 17.6 Å². The van der Waals surface area contributed by atoms with Crippen LogP contribution < -0.4 is 10.2 Å². The van der Waals surface area contributed by atoms with Crippen molar-refractivity contribution in [3.8, 4) is 10.8 Å². The highest BCUT2D eigenvalue weighted by atomic mass is 32.1. The summed E-state index contributed by atoms with van der Waals surface area (Å²) in [6.45, 7) is 1.97. The molecule has 7 heteroatoms. The minimum Gasteiger partial charge on any atom is -0.444 e. The number of carbonyl (C=O) groups is 1. The molecule has 0 radical (unpaired) electrons. The Balaban J connectivity index is 1.19. The average molecular weight is 422 g/mol. The predicted octanol–water partition coefficient (Wildman–Crippen LogP) is 5.21. The summed E-state index contributed by atoms with van der Waals surface area (Å²) >= 11 is 3.41. The number of thiophene rings is 2. The first-order chi connectivity index (χ1) is 14.2. The number of nitrogens with zero attached hydrogens (tertiary/aromatic N) is 2. The van der Waals surface area contributed by atoms with Crippen LogP contribution in [0.25, 0.3) is 10.8 Å². The summed E-state index contributed by atoms with van der Waals surface area (Å²) in [5.41, 5.74) is 4.02. The summed E-state index contributed by atoms with van der Waals surface area (Å²) < 4.78 is 5.48. The van der Waals surface area contributed by atoms with Gasteiger partial charge in [0, 0.05) is 29.3 Å². The Morgan fingerprint density at radius 2 is 2.03 bits per heavy atom. The lowest BCUT2D eigenvalue weighted by Crippen LogP contribution is -2.29. The van der Waals surface area contributed by atoms with Crippen LogP contribution in [0.1, 0.15) is 16.1 Å². The summed E-state index contributed by atoms with van der Waals surface area (Å²) in [5, 5.41) is 7.08. The number of nitrogens with one attached hydrogen (secondary N) is 1. The second kappa shape index (κ2) is 7.85. The van der Waals surface area contributed by atoms with Crippen LogP contribution in [0.2, 0.25) is 0 Å². The normalized spacial score (nSPS) is 13.3. The van der Waals surface area contributed by atoms with Crippen molar-refractivity contribution in [1.82, 2.24) is 4.98 Å². The van der Waals surface area contributed by atoms with Crippen LogP contribution in [-0.4, -0.2) is 17.4 Å². The SMILES string of the molecule is O=C(Cc1coc(-c2cccs2)n1)Nc1ccc(N2CCc3sccc3C2)cc1. The van der Waals surface area contributed by atoms with Crippen molar-refractivity contribution < 1.29 is 9.21 Å². The molecule has 0 unspecified atom stereocenters. The van der Waals surface area contributed by atoms with E-state index in [2.05, 4.69) is 38.8 Å². The molecule has 4 heterocycles. The standard InChI is InChI=1S/C22H19N3O2S2/c26-21(12-17-14-27-22(24-17)20-2-1-10-28-20)23-16-3-5-18(6-4-16)25-9-7-19-15(13-25)8-11-29-19/h1-6,8,10-11,14H,7,9,12-13H2,(H,23,26). The summed E-state index contributed by atoms with van der Waals surface area (Å²) in [7, 11) is 0. The van der Waals surface area contributed by atoms with E-state index in [4.69, 9.17) is 4.42 Å². The van der Waals surface area contributed by atoms with Gasteiger partial charge in [0.25, 0.3) is 0 Å². The molecule has 0 fully saturated rings. The van der Waals surface area contributed by atoms with Gasteiger partial charge in [-0.05, 0) is 59.1 Å². The Morgan fingerprint density at radius 3 is 2.86 bits per heavy atom. The minimum absolute atomic E-state index is 0.107. The first-order valence-corrected chi connectivity index (χ1v) is 11.2. The Kier molecular flexibility index (Phi) is 4.91. The van der Waals surface area contributed by atoms with Gasteiger partial charge in [0.05, 0.1) is 17.0 Å². The average Bonchev–Trinajstić information content (AvgIpc) is 3.49. The molecule has 1 aliphatic rings. The Morgan fingerprint density at radius 1 is 1.14 bits per heavy atom. The molecule has 146 valence electrons. The number of amides is 1. The van der Waals surface area contributed by atoms with Gasteiger partial charge < -0.3 is 14.6 Å². The number of hydrogen-bond donors (Lipinski definition) is 1. The molecule has 1 aromatic carbocycles. The van der Waals surface area contributed by atoms with Gasteiger partial charge in [-0.2, -0.15) is 0 Å². The van der Waals surface area contributed by atoms with E-state index in [-0.39, 0.29) is 12.3 Å². The maximum atomic E-state index is 12.4. The number of hydrogen-bond acceptors (Lipinski definition) is 6. The summed E-state index contributed by atoms with van der Waals surface area (Å²) in [6.07, 6.45) is 2.83. The van der Waals surface area contributed by atoms with Crippen LogP contribution in [-0.2, 0) is 24.2 Å². The van der Waals surface area contributed by atoms with Crippen molar-refractivity contribution in [2.45, 2.75) is 19.4 Å². The van der Waals surface area contributed by atoms with E-state index < -0.39 is 0 Å². The van der Waals surface area contributed by atoms with Crippen LogP contribution in [0.5, 0.6) is 0 Å². The fraction of sp³-hybridized carbons (Fsp3) is 0.182. The fourth-order valence-electron chi connectivity index (χ4n) is 3.50. The molecule has 0 bridgehead atoms. The van der Waals surface area contributed by atoms with Gasteiger partial charge in [0.15, 0.2) is 0 Å². The Bertz CT molecular complexity index is 1110. The highest BCUT2D eigenvalue weighted by Gasteiger charge is 2.17. The maximum Gasteiger partial charge on any atom is 0.236 e. The van der Waals surface area contributed by atoms with Gasteiger partial charge in [-0.3, -0.25) is 4.79 Å². The van der Waals surface area contributed by atoms with Gasteiger partial charge in [0.1, 0.15) is 6.26 Å². The number of oxazole rings is 1. The van der Waals surface area contributed by atoms with Crippen LogP contribution in [0.4, 0.5) is 11.4 Å². The molecular weight excluding hydrogens is 402 g/mol. The van der Waals surface area contributed by atoms with Crippen LogP contribution in [0, 0.1) is 0 Å². The first kappa shape index (κ1) is 18.1. The lowest BCUT2D eigenvalue weighted by Gasteiger charge is -2.29. The smallest absolute Gasteiger partial charge is 0.236 e. The van der Waals surface area contributed by atoms with E-state index in [9.17, 15) is 4.79 Å². The van der Waals surface area contributed by atoms with Crippen molar-refractivity contribution in [2.24, 2.45) is 0 Å². The topological polar surface area (TPSA) is 58.4 Å². The number of carbonyl (C=O) groups excluding carboxylic acids is 1. The molecule has 5 rings (SSSR count). The van der Waals surface area contributed by atoms with Crippen LogP contribution >= 0.6 is 22.7 Å². The molecule has 0 spiro atoms. The molecule has 0 saturated carbocycles. The zero-order valence-electron chi connectivity index (χ0n) is 15.6. The molecule has 1 aliphatic heterocycles. The summed E-state index contributed by atoms with van der Waals surface area (Å²) in [5.74, 6) is 0.451. The van der Waals surface area contributed by atoms with Gasteiger partial charge in [-0.15, -0.1) is 22.7 Å². The van der Waals surface area contributed by atoms with Gasteiger partial charge in [-0.1, -0.05) is 6.07 Å². The highest BCUT2D eigenvalue weighted by Crippen LogP contribution is 2.28. The molecule has 0 aliphatic carbocycles. The van der Waals surface area contributed by atoms with E-state index in [1.165, 1.54) is 16.1 Å². The van der Waals surface area contributed by atoms with Crippen LogP contribution in [0.15, 0.2) is 63.9 Å². The quantitative estimate of drug-likeness (QED) is 0.481. The predicted molar refractivity (Wildman–Crippen MR) is 118 cm³/mol. The number of anilines is 2. The van der Waals surface area contributed by atoms with Crippen LogP contribution in [0.3, 0.4) is 0 Å². The van der Waals surface area contributed by atoms with Crippen molar-refractivity contribution in [3.05, 3.63) is 75.6 Å². The molecule has 4 aromatic rings. The van der Waals surface area contributed by atoms with Gasteiger partial charge >= 0.3 is 0 Å². The number of fused-ring (bicyclic) bond motifs is 1. The van der Waals surface area contributed by atoms with Crippen molar-refractivity contribution in [2.75, 3.05) is 16.8 Å². The molecule has 1 N–H and O–H groups in total. The number of rotatable bonds is 5. The van der Waals surface area contributed by atoms with Crippen molar-refractivity contribution in [1.29, 1.82) is 0 Å². The highest BCUT2D eigenvalue weighted by molar-refractivity contribution is 7.13. The third-order valence-corrected chi connectivity index (χ3v) is 6.83. The minimum atomic E-state index is -0.107. The number of aromatic nitrogens is 1. The van der Waals surface area contributed by atoms with E-state index in [0.717, 1.165) is 30.1 Å². The largest absolute Gasteiger partial charge is 0.444 e. The molecule has 29 heavy (non-hydrogen) atoms. The Hall–Kier alpha value is -2.90. The zero-order valence-corrected chi connectivity index (χ0v) is 17.3. The second-order valence-electron chi connectivity index (χ2n) is 6.93. The zero-order chi connectivity index (χ0) is 19.6. The van der Waals surface area contributed by atoms with Crippen molar-refractivity contribution >= 4 is 40.0 Å². The van der Waals surface area contributed by atoms with Gasteiger partial charge in [-0.25, -0.2) is 4.98 Å². The van der Waals surface area contributed by atoms with Crippen molar-refractivity contribution in [3.63, 3.8) is 0 Å². The van der Waals surface area contributed by atoms with E-state index in [1.807, 2.05) is 41.0 Å². The molecule has 0 atom stereocenters. The lowest BCUT2D eigenvalue weighted by molar-refractivity contribution is -0.115. The molecule has 1 amide bonds. The second-order valence-corrected chi connectivity index (χ2v) is 8.88. The molecule has 0 saturated heterocycles. The Labute approximate surface area is 176 Å². The number of benzene rings is 1. The summed E-state index contributed by atoms with van der Waals surface area (Å²) in [4.78, 5) is 21.6. The molecule has 3 aromatic heterocycles. The third-order valence-electron chi connectivity index (χ3n) is 4.95. The molecule has 5 nitrogen and oxygen atoms in total. The molecular formula is C22H19N3O2S2. The van der Waals surface area contributed by atoms with E-state index >= 15 is 0 Å². The summed E-state index contributed by atoms with van der Waals surface area (Å²) in [6, 6.07) is 14.2. The lowest BCUT2D eigenvalue weighted by atomic mass is 10.1. The first-order valence-electron chi connectivity index (χ1n) is 9.43. The monoisotopic (exact) mass is 421 g/mol.